The van der Waals surface area contributed by atoms with Crippen LogP contribution in [0.25, 0.3) is 0 Å². The number of halogens is 1. The van der Waals surface area contributed by atoms with Crippen molar-refractivity contribution in [2.24, 2.45) is 11.8 Å². The van der Waals surface area contributed by atoms with E-state index in [1.807, 2.05) is 53.7 Å². The molecular weight excluding hydrogens is 384 g/mol. The molecule has 2 N–H and O–H groups in total. The van der Waals surface area contributed by atoms with Gasteiger partial charge in [0.2, 0.25) is 0 Å². The fraction of sp³-hybridized carbons (Fsp3) is 0.579. The van der Waals surface area contributed by atoms with Gasteiger partial charge in [-0.1, -0.05) is 29.8 Å². The van der Waals surface area contributed by atoms with E-state index in [0.29, 0.717) is 18.0 Å². The first-order valence-corrected chi connectivity index (χ1v) is 9.33. The Morgan fingerprint density at radius 1 is 1.12 bits per heavy atom. The van der Waals surface area contributed by atoms with Crippen molar-refractivity contribution in [3.05, 3.63) is 28.7 Å². The van der Waals surface area contributed by atoms with Gasteiger partial charge in [-0.2, -0.15) is 0 Å². The molecule has 1 aromatic carbocycles. The third-order valence-electron chi connectivity index (χ3n) is 3.50. The lowest BCUT2D eigenvalue weighted by molar-refractivity contribution is -0.161. The van der Waals surface area contributed by atoms with Crippen LogP contribution in [-0.4, -0.2) is 23.6 Å². The van der Waals surface area contributed by atoms with E-state index in [2.05, 4.69) is 26.6 Å². The molecule has 0 aliphatic heterocycles. The summed E-state index contributed by atoms with van der Waals surface area (Å²) in [5.74, 6) is -0.358. The molecule has 0 heterocycles. The largest absolute Gasteiger partial charge is 0.460 e. The highest BCUT2D eigenvalue weighted by Gasteiger charge is 2.31. The molecule has 0 radical (unpaired) electrons. The van der Waals surface area contributed by atoms with Crippen molar-refractivity contribution in [2.75, 3.05) is 5.32 Å². The zero-order valence-electron chi connectivity index (χ0n) is 15.9. The topological polar surface area (TPSA) is 67.4 Å². The lowest BCUT2D eigenvalue weighted by atomic mass is 9.91. The van der Waals surface area contributed by atoms with Crippen LogP contribution in [0.15, 0.2) is 28.7 Å². The molecule has 0 fully saturated rings. The molecule has 25 heavy (non-hydrogen) atoms. The number of esters is 1. The summed E-state index contributed by atoms with van der Waals surface area (Å²) in [4.78, 5) is 24.7. The Kier molecular flexibility index (Phi) is 7.93. The van der Waals surface area contributed by atoms with Crippen molar-refractivity contribution < 1.29 is 14.3 Å². The molecule has 5 nitrogen and oxygen atoms in total. The van der Waals surface area contributed by atoms with Gasteiger partial charge in [0.1, 0.15) is 5.60 Å². The van der Waals surface area contributed by atoms with E-state index >= 15 is 0 Å². The molecule has 2 amide bonds. The van der Waals surface area contributed by atoms with E-state index < -0.39 is 11.5 Å². The lowest BCUT2D eigenvalue weighted by Gasteiger charge is -2.29. The second kappa shape index (κ2) is 9.22. The Balaban J connectivity index is 2.72. The molecule has 0 aliphatic carbocycles. The summed E-state index contributed by atoms with van der Waals surface area (Å²) >= 11 is 3.35. The van der Waals surface area contributed by atoms with E-state index in [1.54, 1.807) is 12.1 Å². The highest BCUT2D eigenvalue weighted by molar-refractivity contribution is 9.10. The molecule has 2 atom stereocenters. The van der Waals surface area contributed by atoms with Gasteiger partial charge in [-0.05, 0) is 64.3 Å². The van der Waals surface area contributed by atoms with Crippen LogP contribution in [0.3, 0.4) is 0 Å². The number of carbonyl (C=O) groups is 2. The zero-order valence-corrected chi connectivity index (χ0v) is 17.4. The number of urea groups is 1. The van der Waals surface area contributed by atoms with Gasteiger partial charge < -0.3 is 15.4 Å². The Bertz CT molecular complexity index is 579. The highest BCUT2D eigenvalue weighted by atomic mass is 79.9. The number of hydrogen-bond acceptors (Lipinski definition) is 3. The normalized spacial score (nSPS) is 13.9. The number of benzene rings is 1. The van der Waals surface area contributed by atoms with E-state index in [4.69, 9.17) is 4.74 Å². The number of carbonyl (C=O) groups excluding carboxylic acids is 2. The summed E-state index contributed by atoms with van der Waals surface area (Å²) in [5, 5.41) is 5.62. The summed E-state index contributed by atoms with van der Waals surface area (Å²) in [7, 11) is 0. The summed E-state index contributed by atoms with van der Waals surface area (Å²) < 4.78 is 6.46. The second-order valence-corrected chi connectivity index (χ2v) is 8.58. The minimum atomic E-state index is -0.550. The van der Waals surface area contributed by atoms with Crippen LogP contribution in [0.1, 0.15) is 48.0 Å². The van der Waals surface area contributed by atoms with E-state index in [-0.39, 0.29) is 18.0 Å². The molecule has 140 valence electrons. The van der Waals surface area contributed by atoms with Crippen LogP contribution < -0.4 is 10.6 Å². The maximum absolute atomic E-state index is 12.5. The number of ether oxygens (including phenoxy) is 1. The average Bonchev–Trinajstić information content (AvgIpc) is 2.44. The minimum Gasteiger partial charge on any atom is -0.460 e. The third-order valence-corrected chi connectivity index (χ3v) is 4.03. The van der Waals surface area contributed by atoms with Gasteiger partial charge in [0, 0.05) is 16.2 Å². The summed E-state index contributed by atoms with van der Waals surface area (Å²) in [6.45, 7) is 11.5. The number of hydrogen-bond donors (Lipinski definition) is 2. The fourth-order valence-electron chi connectivity index (χ4n) is 2.40. The van der Waals surface area contributed by atoms with E-state index in [1.165, 1.54) is 0 Å². The Morgan fingerprint density at radius 2 is 1.68 bits per heavy atom. The van der Waals surface area contributed by atoms with Crippen LogP contribution in [0.4, 0.5) is 10.5 Å². The summed E-state index contributed by atoms with van der Waals surface area (Å²) in [5.41, 5.74) is 0.136. The molecular formula is C19H29BrN2O3. The lowest BCUT2D eigenvalue weighted by Crippen LogP contribution is -2.45. The molecule has 1 unspecified atom stereocenters. The van der Waals surface area contributed by atoms with Crippen LogP contribution in [0.2, 0.25) is 0 Å². The Morgan fingerprint density at radius 3 is 2.16 bits per heavy atom. The maximum Gasteiger partial charge on any atom is 0.319 e. The average molecular weight is 413 g/mol. The monoisotopic (exact) mass is 412 g/mol. The molecule has 0 bridgehead atoms. The van der Waals surface area contributed by atoms with Gasteiger partial charge in [-0.25, -0.2) is 4.79 Å². The number of nitrogens with one attached hydrogen (secondary N) is 2. The van der Waals surface area contributed by atoms with Crippen LogP contribution in [-0.2, 0) is 9.53 Å². The predicted molar refractivity (Wildman–Crippen MR) is 105 cm³/mol. The van der Waals surface area contributed by atoms with Crippen molar-refractivity contribution in [1.82, 2.24) is 5.32 Å². The first-order chi connectivity index (χ1) is 11.5. The van der Waals surface area contributed by atoms with Gasteiger partial charge in [0.25, 0.3) is 0 Å². The quantitative estimate of drug-likeness (QED) is 0.648. The molecule has 6 heteroatoms. The molecule has 0 saturated carbocycles. The first kappa shape index (κ1) is 21.5. The van der Waals surface area contributed by atoms with Gasteiger partial charge >= 0.3 is 12.0 Å². The Hall–Kier alpha value is -1.56. The van der Waals surface area contributed by atoms with Crippen LogP contribution in [0.5, 0.6) is 0 Å². The molecule has 1 aromatic rings. The Labute approximate surface area is 159 Å². The van der Waals surface area contributed by atoms with Gasteiger partial charge in [0.15, 0.2) is 0 Å². The fourth-order valence-corrected chi connectivity index (χ4v) is 2.66. The second-order valence-electron chi connectivity index (χ2n) is 7.66. The van der Waals surface area contributed by atoms with Crippen molar-refractivity contribution in [3.8, 4) is 0 Å². The zero-order chi connectivity index (χ0) is 19.2. The molecule has 0 aliphatic rings. The van der Waals surface area contributed by atoms with Crippen molar-refractivity contribution >= 4 is 33.6 Å². The smallest absolute Gasteiger partial charge is 0.319 e. The molecule has 0 saturated heterocycles. The van der Waals surface area contributed by atoms with E-state index in [0.717, 1.165) is 4.47 Å². The first-order valence-electron chi connectivity index (χ1n) is 8.54. The number of amides is 2. The van der Waals surface area contributed by atoms with Crippen LogP contribution in [0, 0.1) is 11.8 Å². The minimum absolute atomic E-state index is 0.280. The van der Waals surface area contributed by atoms with Gasteiger partial charge in [-0.3, -0.25) is 4.79 Å². The highest BCUT2D eigenvalue weighted by Crippen LogP contribution is 2.21. The van der Waals surface area contributed by atoms with Crippen LogP contribution >= 0.6 is 15.9 Å². The predicted octanol–water partition coefficient (Wildman–Crippen LogP) is 4.96. The van der Waals surface area contributed by atoms with Crippen molar-refractivity contribution in [2.45, 2.75) is 59.6 Å². The standard InChI is InChI=1S/C19H29BrN2O3/c1-12(2)11-16(17(23)25-19(4,5)6)13(3)21-18(24)22-15-9-7-14(20)8-10-15/h7-10,12-13,16H,11H2,1-6H3,(H2,21,22,24)/t13?,16-/m1/s1. The molecule has 0 aromatic heterocycles. The van der Waals surface area contributed by atoms with E-state index in [9.17, 15) is 9.59 Å². The van der Waals surface area contributed by atoms with Gasteiger partial charge in [-0.15, -0.1) is 0 Å². The SMILES string of the molecule is CC(C)C[C@@H](C(=O)OC(C)(C)C)C(C)NC(=O)Nc1ccc(Br)cc1. The third kappa shape index (κ3) is 8.38. The van der Waals surface area contributed by atoms with Crippen molar-refractivity contribution in [3.63, 3.8) is 0 Å². The summed E-state index contributed by atoms with van der Waals surface area (Å²) in [6.07, 6.45) is 0.647. The van der Waals surface area contributed by atoms with Gasteiger partial charge in [0.05, 0.1) is 5.92 Å². The molecule has 0 spiro atoms. The van der Waals surface area contributed by atoms with Crippen molar-refractivity contribution in [1.29, 1.82) is 0 Å². The summed E-state index contributed by atoms with van der Waals surface area (Å²) in [6, 6.07) is 6.62. The number of rotatable bonds is 6. The molecule has 1 rings (SSSR count). The maximum atomic E-state index is 12.5. The number of anilines is 1.